The molecule has 1 aromatic carbocycles. The van der Waals surface area contributed by atoms with Crippen molar-refractivity contribution in [2.45, 2.75) is 13.8 Å². The van der Waals surface area contributed by atoms with Crippen molar-refractivity contribution in [1.29, 1.82) is 0 Å². The van der Waals surface area contributed by atoms with E-state index in [0.717, 1.165) is 11.8 Å². The number of ether oxygens (including phenoxy) is 1. The molecule has 6 heteroatoms. The molecule has 0 bridgehead atoms. The molecule has 1 rings (SSSR count). The molecule has 0 saturated heterocycles. The van der Waals surface area contributed by atoms with Gasteiger partial charge in [0.05, 0.1) is 18.4 Å². The molecule has 0 aliphatic rings. The third kappa shape index (κ3) is 4.07. The summed E-state index contributed by atoms with van der Waals surface area (Å²) in [6.07, 6.45) is 1.05. The molecule has 1 N–H and O–H groups in total. The Morgan fingerprint density at radius 1 is 1.41 bits per heavy atom. The second kappa shape index (κ2) is 5.18. The van der Waals surface area contributed by atoms with Gasteiger partial charge in [0, 0.05) is 5.69 Å². The summed E-state index contributed by atoms with van der Waals surface area (Å²) >= 11 is 0. The third-order valence-electron chi connectivity index (χ3n) is 2.04. The van der Waals surface area contributed by atoms with E-state index in [1.165, 1.54) is 6.07 Å². The minimum atomic E-state index is -3.35. The largest absolute Gasteiger partial charge is 0.462 e. The summed E-state index contributed by atoms with van der Waals surface area (Å²) < 4.78 is 29.3. The molecule has 5 nitrogen and oxygen atoms in total. The van der Waals surface area contributed by atoms with Gasteiger partial charge in [-0.3, -0.25) is 4.72 Å². The average Bonchev–Trinajstić information content (AvgIpc) is 2.19. The molecule has 0 unspecified atom stereocenters. The van der Waals surface area contributed by atoms with Gasteiger partial charge in [-0.15, -0.1) is 0 Å². The van der Waals surface area contributed by atoms with Gasteiger partial charge in [-0.25, -0.2) is 13.2 Å². The van der Waals surface area contributed by atoms with Gasteiger partial charge in [-0.05, 0) is 31.5 Å². The first-order valence-electron chi connectivity index (χ1n) is 5.09. The fourth-order valence-electron chi connectivity index (χ4n) is 1.33. The predicted octanol–water partition coefficient (Wildman–Crippen LogP) is 1.54. The Morgan fingerprint density at radius 2 is 2.06 bits per heavy atom. The Morgan fingerprint density at radius 3 is 2.59 bits per heavy atom. The SMILES string of the molecule is CCOC(=O)c1cc(NS(C)(=O)=O)ccc1C. The molecule has 0 radical (unpaired) electrons. The van der Waals surface area contributed by atoms with Crippen LogP contribution in [-0.4, -0.2) is 27.2 Å². The first-order valence-corrected chi connectivity index (χ1v) is 6.98. The van der Waals surface area contributed by atoms with Gasteiger partial charge < -0.3 is 4.74 Å². The number of nitrogens with one attached hydrogen (secondary N) is 1. The Hall–Kier alpha value is -1.56. The second-order valence-electron chi connectivity index (χ2n) is 3.62. The summed E-state index contributed by atoms with van der Waals surface area (Å²) in [5, 5.41) is 0. The minimum absolute atomic E-state index is 0.280. The van der Waals surface area contributed by atoms with E-state index in [1.54, 1.807) is 26.0 Å². The summed E-state index contributed by atoms with van der Waals surface area (Å²) in [5.41, 5.74) is 1.45. The van der Waals surface area contributed by atoms with Crippen molar-refractivity contribution < 1.29 is 17.9 Å². The van der Waals surface area contributed by atoms with E-state index >= 15 is 0 Å². The van der Waals surface area contributed by atoms with Crippen LogP contribution in [0.1, 0.15) is 22.8 Å². The molecular weight excluding hydrogens is 242 g/mol. The summed E-state index contributed by atoms with van der Waals surface area (Å²) in [7, 11) is -3.35. The van der Waals surface area contributed by atoms with Crippen molar-refractivity contribution in [3.63, 3.8) is 0 Å². The number of carbonyl (C=O) groups excluding carboxylic acids is 1. The topological polar surface area (TPSA) is 72.5 Å². The number of hydrogen-bond donors (Lipinski definition) is 1. The highest BCUT2D eigenvalue weighted by atomic mass is 32.2. The van der Waals surface area contributed by atoms with Crippen LogP contribution in [0.3, 0.4) is 0 Å². The Bertz CT molecular complexity index is 522. The molecule has 0 aliphatic heterocycles. The quantitative estimate of drug-likeness (QED) is 0.830. The lowest BCUT2D eigenvalue weighted by Gasteiger charge is -2.09. The van der Waals surface area contributed by atoms with Gasteiger partial charge in [0.25, 0.3) is 0 Å². The van der Waals surface area contributed by atoms with Crippen molar-refractivity contribution in [2.24, 2.45) is 0 Å². The van der Waals surface area contributed by atoms with Crippen molar-refractivity contribution >= 4 is 21.7 Å². The third-order valence-corrected chi connectivity index (χ3v) is 2.64. The molecule has 0 saturated carbocycles. The first-order chi connectivity index (χ1) is 7.83. The lowest BCUT2D eigenvalue weighted by Crippen LogP contribution is -2.12. The molecule has 0 spiro atoms. The summed E-state index contributed by atoms with van der Waals surface area (Å²) in [4.78, 5) is 11.6. The van der Waals surface area contributed by atoms with Gasteiger partial charge in [0.2, 0.25) is 10.0 Å². The van der Waals surface area contributed by atoms with E-state index in [0.29, 0.717) is 11.3 Å². The van der Waals surface area contributed by atoms with Gasteiger partial charge in [0.15, 0.2) is 0 Å². The zero-order valence-electron chi connectivity index (χ0n) is 9.98. The fraction of sp³-hybridized carbons (Fsp3) is 0.364. The lowest BCUT2D eigenvalue weighted by atomic mass is 10.1. The average molecular weight is 257 g/mol. The minimum Gasteiger partial charge on any atom is -0.462 e. The summed E-state index contributed by atoms with van der Waals surface area (Å²) in [5.74, 6) is -0.456. The van der Waals surface area contributed by atoms with Crippen LogP contribution >= 0.6 is 0 Å². The first kappa shape index (κ1) is 13.5. The van der Waals surface area contributed by atoms with E-state index in [4.69, 9.17) is 4.74 Å². The van der Waals surface area contributed by atoms with Crippen LogP contribution < -0.4 is 4.72 Å². The number of esters is 1. The van der Waals surface area contributed by atoms with Crippen molar-refractivity contribution in [3.05, 3.63) is 29.3 Å². The standard InChI is InChI=1S/C11H15NO4S/c1-4-16-11(13)10-7-9(6-5-8(10)2)12-17(3,14)15/h5-7,12H,4H2,1-3H3. The molecule has 94 valence electrons. The maximum atomic E-state index is 11.6. The number of benzene rings is 1. The second-order valence-corrected chi connectivity index (χ2v) is 5.37. The fourth-order valence-corrected chi connectivity index (χ4v) is 1.88. The summed E-state index contributed by atoms with van der Waals surface area (Å²) in [6.45, 7) is 3.75. The van der Waals surface area contributed by atoms with Crippen LogP contribution in [0.2, 0.25) is 0 Å². The number of aryl methyl sites for hydroxylation is 1. The zero-order chi connectivity index (χ0) is 13.1. The lowest BCUT2D eigenvalue weighted by molar-refractivity contribution is 0.0525. The van der Waals surface area contributed by atoms with Crippen LogP contribution in [0.4, 0.5) is 5.69 Å². The molecule has 0 heterocycles. The van der Waals surface area contributed by atoms with Crippen molar-refractivity contribution in [2.75, 3.05) is 17.6 Å². The molecule has 0 atom stereocenters. The van der Waals surface area contributed by atoms with E-state index in [9.17, 15) is 13.2 Å². The molecule has 0 amide bonds. The maximum absolute atomic E-state index is 11.6. The molecule has 1 aromatic rings. The van der Waals surface area contributed by atoms with Crippen LogP contribution in [0, 0.1) is 6.92 Å². The Kier molecular flexibility index (Phi) is 4.11. The number of anilines is 1. The highest BCUT2D eigenvalue weighted by Crippen LogP contribution is 2.17. The van der Waals surface area contributed by atoms with Crippen LogP contribution in [0.15, 0.2) is 18.2 Å². The van der Waals surface area contributed by atoms with Crippen LogP contribution in [-0.2, 0) is 14.8 Å². The molecule has 0 aromatic heterocycles. The number of hydrogen-bond acceptors (Lipinski definition) is 4. The predicted molar refractivity (Wildman–Crippen MR) is 65.6 cm³/mol. The van der Waals surface area contributed by atoms with E-state index in [-0.39, 0.29) is 6.61 Å². The van der Waals surface area contributed by atoms with Crippen molar-refractivity contribution in [3.8, 4) is 0 Å². The van der Waals surface area contributed by atoms with E-state index in [2.05, 4.69) is 4.72 Å². The monoisotopic (exact) mass is 257 g/mol. The molecule has 17 heavy (non-hydrogen) atoms. The zero-order valence-corrected chi connectivity index (χ0v) is 10.8. The van der Waals surface area contributed by atoms with Gasteiger partial charge in [-0.1, -0.05) is 6.07 Å². The van der Waals surface area contributed by atoms with Gasteiger partial charge in [0.1, 0.15) is 0 Å². The Balaban J connectivity index is 3.06. The van der Waals surface area contributed by atoms with Crippen molar-refractivity contribution in [1.82, 2.24) is 0 Å². The normalized spacial score (nSPS) is 11.0. The van der Waals surface area contributed by atoms with Gasteiger partial charge >= 0.3 is 5.97 Å². The smallest absolute Gasteiger partial charge is 0.338 e. The summed E-state index contributed by atoms with van der Waals surface area (Å²) in [6, 6.07) is 4.73. The van der Waals surface area contributed by atoms with Crippen LogP contribution in [0.5, 0.6) is 0 Å². The van der Waals surface area contributed by atoms with Crippen LogP contribution in [0.25, 0.3) is 0 Å². The highest BCUT2D eigenvalue weighted by Gasteiger charge is 2.12. The number of carbonyl (C=O) groups is 1. The number of rotatable bonds is 4. The molecular formula is C11H15NO4S. The molecule has 0 fully saturated rings. The van der Waals surface area contributed by atoms with Gasteiger partial charge in [-0.2, -0.15) is 0 Å². The highest BCUT2D eigenvalue weighted by molar-refractivity contribution is 7.92. The maximum Gasteiger partial charge on any atom is 0.338 e. The Labute approximate surface area is 101 Å². The van der Waals surface area contributed by atoms with E-state index in [1.807, 2.05) is 0 Å². The number of sulfonamides is 1. The van der Waals surface area contributed by atoms with E-state index < -0.39 is 16.0 Å². The molecule has 0 aliphatic carbocycles.